The van der Waals surface area contributed by atoms with E-state index in [9.17, 15) is 5.11 Å². The lowest BCUT2D eigenvalue weighted by Crippen LogP contribution is -1.94. The molecule has 20 heavy (non-hydrogen) atoms. The Labute approximate surface area is 136 Å². The van der Waals surface area contributed by atoms with Crippen molar-refractivity contribution in [2.75, 3.05) is 0 Å². The van der Waals surface area contributed by atoms with Crippen LogP contribution in [0.5, 0.6) is 11.5 Å². The van der Waals surface area contributed by atoms with Gasteiger partial charge in [-0.2, -0.15) is 0 Å². The Morgan fingerprint density at radius 1 is 1.15 bits per heavy atom. The van der Waals surface area contributed by atoms with Crippen LogP contribution in [0.3, 0.4) is 0 Å². The van der Waals surface area contributed by atoms with Crippen LogP contribution in [0, 0.1) is 0 Å². The molecule has 0 aromatic heterocycles. The molecular formula is C15H13BrCl2O2. The molecule has 0 radical (unpaired) electrons. The van der Waals surface area contributed by atoms with Gasteiger partial charge in [0.15, 0.2) is 0 Å². The normalized spacial score (nSPS) is 12.2. The van der Waals surface area contributed by atoms with Crippen LogP contribution in [0.1, 0.15) is 25.0 Å². The van der Waals surface area contributed by atoms with Crippen molar-refractivity contribution in [3.63, 3.8) is 0 Å². The highest BCUT2D eigenvalue weighted by Crippen LogP contribution is 2.36. The van der Waals surface area contributed by atoms with Crippen molar-refractivity contribution < 1.29 is 9.84 Å². The van der Waals surface area contributed by atoms with Gasteiger partial charge < -0.3 is 9.84 Å². The molecule has 0 aliphatic heterocycles. The van der Waals surface area contributed by atoms with Gasteiger partial charge in [0.1, 0.15) is 11.5 Å². The predicted molar refractivity (Wildman–Crippen MR) is 85.9 cm³/mol. The third kappa shape index (κ3) is 3.67. The molecule has 0 aliphatic carbocycles. The van der Waals surface area contributed by atoms with Gasteiger partial charge in [0.05, 0.1) is 16.1 Å². The van der Waals surface area contributed by atoms with E-state index in [2.05, 4.69) is 15.9 Å². The highest BCUT2D eigenvalue weighted by molar-refractivity contribution is 9.10. The molecule has 5 heteroatoms. The van der Waals surface area contributed by atoms with Crippen LogP contribution < -0.4 is 4.74 Å². The Morgan fingerprint density at radius 3 is 2.40 bits per heavy atom. The summed E-state index contributed by atoms with van der Waals surface area (Å²) in [6, 6.07) is 10.6. The molecule has 0 saturated heterocycles. The standard InChI is InChI=1S/C15H13BrCl2O2/c1-2-14(19)9-3-5-10(6-4-9)20-15-8-12(17)11(16)7-13(15)18/h3-8,14,19H,2H2,1H3/t14-/m1/s1. The summed E-state index contributed by atoms with van der Waals surface area (Å²) >= 11 is 15.4. The molecule has 0 saturated carbocycles. The fraction of sp³-hybridized carbons (Fsp3) is 0.200. The number of halogens is 3. The summed E-state index contributed by atoms with van der Waals surface area (Å²) in [5.41, 5.74) is 0.861. The number of aliphatic hydroxyl groups excluding tert-OH is 1. The molecular weight excluding hydrogens is 363 g/mol. The van der Waals surface area contributed by atoms with Gasteiger partial charge >= 0.3 is 0 Å². The van der Waals surface area contributed by atoms with Crippen LogP contribution in [0.4, 0.5) is 0 Å². The first-order valence-corrected chi connectivity index (χ1v) is 7.66. The SMILES string of the molecule is CC[C@@H](O)c1ccc(Oc2cc(Cl)c(Br)cc2Cl)cc1. The minimum absolute atomic E-state index is 0.449. The van der Waals surface area contributed by atoms with E-state index >= 15 is 0 Å². The first-order valence-electron chi connectivity index (χ1n) is 6.11. The number of rotatable bonds is 4. The Hall–Kier alpha value is -0.740. The Bertz CT molecular complexity index is 600. The maximum atomic E-state index is 9.74. The van der Waals surface area contributed by atoms with E-state index in [0.717, 1.165) is 10.0 Å². The van der Waals surface area contributed by atoms with Crippen LogP contribution in [0.15, 0.2) is 40.9 Å². The van der Waals surface area contributed by atoms with Crippen LogP contribution in [0.25, 0.3) is 0 Å². The number of aliphatic hydroxyl groups is 1. The van der Waals surface area contributed by atoms with Crippen molar-refractivity contribution >= 4 is 39.1 Å². The molecule has 0 spiro atoms. The van der Waals surface area contributed by atoms with Crippen LogP contribution >= 0.6 is 39.1 Å². The van der Waals surface area contributed by atoms with E-state index < -0.39 is 6.10 Å². The van der Waals surface area contributed by atoms with Gasteiger partial charge in [-0.05, 0) is 46.1 Å². The van der Waals surface area contributed by atoms with Crippen molar-refractivity contribution in [1.82, 2.24) is 0 Å². The zero-order valence-electron chi connectivity index (χ0n) is 10.7. The predicted octanol–water partition coefficient (Wildman–Crippen LogP) is 5.99. The van der Waals surface area contributed by atoms with Gasteiger partial charge in [-0.15, -0.1) is 0 Å². The lowest BCUT2D eigenvalue weighted by molar-refractivity contribution is 0.173. The topological polar surface area (TPSA) is 29.5 Å². The van der Waals surface area contributed by atoms with Crippen LogP contribution in [-0.4, -0.2) is 5.11 Å². The summed E-state index contributed by atoms with van der Waals surface area (Å²) in [5.74, 6) is 1.13. The smallest absolute Gasteiger partial charge is 0.147 e. The van der Waals surface area contributed by atoms with E-state index in [4.69, 9.17) is 27.9 Å². The van der Waals surface area contributed by atoms with Crippen molar-refractivity contribution in [2.45, 2.75) is 19.4 Å². The highest BCUT2D eigenvalue weighted by atomic mass is 79.9. The van der Waals surface area contributed by atoms with Gasteiger partial charge in [0.2, 0.25) is 0 Å². The minimum atomic E-state index is -0.449. The maximum absolute atomic E-state index is 9.74. The number of hydrogen-bond donors (Lipinski definition) is 1. The lowest BCUT2D eigenvalue weighted by atomic mass is 10.1. The Kier molecular flexibility index (Phi) is 5.33. The van der Waals surface area contributed by atoms with Gasteiger partial charge in [0, 0.05) is 10.5 Å². The molecule has 2 rings (SSSR count). The summed E-state index contributed by atoms with van der Waals surface area (Å²) in [6.45, 7) is 1.93. The van der Waals surface area contributed by atoms with E-state index in [1.165, 1.54) is 0 Å². The van der Waals surface area contributed by atoms with E-state index in [1.54, 1.807) is 24.3 Å². The lowest BCUT2D eigenvalue weighted by Gasteiger charge is -2.11. The van der Waals surface area contributed by atoms with Crippen molar-refractivity contribution in [2.24, 2.45) is 0 Å². The third-order valence-electron chi connectivity index (χ3n) is 2.85. The quantitative estimate of drug-likeness (QED) is 0.664. The van der Waals surface area contributed by atoms with E-state index in [1.807, 2.05) is 19.1 Å². The second-order valence-electron chi connectivity index (χ2n) is 4.29. The fourth-order valence-electron chi connectivity index (χ4n) is 1.70. The monoisotopic (exact) mass is 374 g/mol. The molecule has 0 unspecified atom stereocenters. The Morgan fingerprint density at radius 2 is 1.80 bits per heavy atom. The van der Waals surface area contributed by atoms with Crippen LogP contribution in [-0.2, 0) is 0 Å². The molecule has 0 aliphatic rings. The van der Waals surface area contributed by atoms with Crippen molar-refractivity contribution in [3.8, 4) is 11.5 Å². The van der Waals surface area contributed by atoms with Crippen LogP contribution in [0.2, 0.25) is 10.0 Å². The molecule has 2 aromatic rings. The molecule has 0 bridgehead atoms. The fourth-order valence-corrected chi connectivity index (χ4v) is 2.53. The van der Waals surface area contributed by atoms with Gasteiger partial charge in [0.25, 0.3) is 0 Å². The van der Waals surface area contributed by atoms with Gasteiger partial charge in [-0.3, -0.25) is 0 Å². The zero-order valence-corrected chi connectivity index (χ0v) is 13.8. The Balaban J connectivity index is 2.20. The first kappa shape index (κ1) is 15.6. The molecule has 0 fully saturated rings. The molecule has 0 heterocycles. The van der Waals surface area contributed by atoms with Gasteiger partial charge in [-0.25, -0.2) is 0 Å². The second-order valence-corrected chi connectivity index (χ2v) is 5.96. The minimum Gasteiger partial charge on any atom is -0.456 e. The number of benzene rings is 2. The van der Waals surface area contributed by atoms with E-state index in [-0.39, 0.29) is 0 Å². The number of ether oxygens (including phenoxy) is 1. The molecule has 2 aromatic carbocycles. The largest absolute Gasteiger partial charge is 0.456 e. The summed E-state index contributed by atoms with van der Waals surface area (Å²) in [6.07, 6.45) is 0.226. The highest BCUT2D eigenvalue weighted by Gasteiger charge is 2.09. The van der Waals surface area contributed by atoms with Gasteiger partial charge in [-0.1, -0.05) is 42.3 Å². The molecule has 2 nitrogen and oxygen atoms in total. The average Bonchev–Trinajstić information content (AvgIpc) is 2.44. The average molecular weight is 376 g/mol. The zero-order chi connectivity index (χ0) is 14.7. The second kappa shape index (κ2) is 6.81. The molecule has 1 N–H and O–H groups in total. The maximum Gasteiger partial charge on any atom is 0.147 e. The summed E-state index contributed by atoms with van der Waals surface area (Å²) < 4.78 is 6.41. The molecule has 1 atom stereocenters. The summed E-state index contributed by atoms with van der Waals surface area (Å²) in [7, 11) is 0. The summed E-state index contributed by atoms with van der Waals surface area (Å²) in [4.78, 5) is 0. The summed E-state index contributed by atoms with van der Waals surface area (Å²) in [5, 5.41) is 10.7. The van der Waals surface area contributed by atoms with Crippen molar-refractivity contribution in [1.29, 1.82) is 0 Å². The van der Waals surface area contributed by atoms with Crippen molar-refractivity contribution in [3.05, 3.63) is 56.5 Å². The third-order valence-corrected chi connectivity index (χ3v) is 4.35. The molecule has 0 amide bonds. The first-order chi connectivity index (χ1) is 9.51. The number of hydrogen-bond acceptors (Lipinski definition) is 2. The van der Waals surface area contributed by atoms with E-state index in [0.29, 0.717) is 28.0 Å². The molecule has 106 valence electrons.